The molecule has 2 nitrogen and oxygen atoms in total. The Labute approximate surface area is 183 Å². The van der Waals surface area contributed by atoms with E-state index in [1.165, 1.54) is 22.3 Å². The molecule has 0 bridgehead atoms. The van der Waals surface area contributed by atoms with Crippen molar-refractivity contribution in [1.82, 2.24) is 4.90 Å². The molecule has 0 spiro atoms. The van der Waals surface area contributed by atoms with Crippen LogP contribution in [0.4, 0.5) is 0 Å². The minimum atomic E-state index is -0.101. The number of hydrogen-bond acceptors (Lipinski definition) is 2. The summed E-state index contributed by atoms with van der Waals surface area (Å²) in [4.78, 5) is 2.36. The lowest BCUT2D eigenvalue weighted by Crippen LogP contribution is -2.44. The van der Waals surface area contributed by atoms with Gasteiger partial charge in [0, 0.05) is 17.4 Å². The minimum absolute atomic E-state index is 0.0664. The van der Waals surface area contributed by atoms with Crippen molar-refractivity contribution in [2.24, 2.45) is 0 Å². The van der Waals surface area contributed by atoms with Crippen LogP contribution in [-0.4, -0.2) is 24.1 Å². The molecular formula is C26H30BrNO. The molecule has 0 unspecified atom stereocenters. The zero-order valence-corrected chi connectivity index (χ0v) is 19.1. The Morgan fingerprint density at radius 1 is 0.793 bits per heavy atom. The molecule has 0 amide bonds. The summed E-state index contributed by atoms with van der Waals surface area (Å²) in [7, 11) is 2.17. The largest absolute Gasteiger partial charge is 0.367 e. The van der Waals surface area contributed by atoms with E-state index in [1.54, 1.807) is 0 Å². The number of ether oxygens (including phenoxy) is 1. The molecule has 3 rings (SSSR count). The summed E-state index contributed by atoms with van der Waals surface area (Å²) < 4.78 is 6.53. The molecule has 0 N–H and O–H groups in total. The van der Waals surface area contributed by atoms with E-state index < -0.39 is 0 Å². The molecule has 0 atom stereocenters. The van der Waals surface area contributed by atoms with Gasteiger partial charge in [-0.05, 0) is 43.1 Å². The van der Waals surface area contributed by atoms with Gasteiger partial charge in [0.05, 0.1) is 6.61 Å². The highest BCUT2D eigenvalue weighted by molar-refractivity contribution is 9.08. The van der Waals surface area contributed by atoms with Crippen LogP contribution < -0.4 is 0 Å². The van der Waals surface area contributed by atoms with Gasteiger partial charge in [0.25, 0.3) is 0 Å². The van der Waals surface area contributed by atoms with Crippen molar-refractivity contribution in [3.05, 3.63) is 107 Å². The Morgan fingerprint density at radius 3 is 1.76 bits per heavy atom. The Balaban J connectivity index is 1.70. The molecule has 152 valence electrons. The van der Waals surface area contributed by atoms with E-state index in [2.05, 4.69) is 115 Å². The monoisotopic (exact) mass is 451 g/mol. The van der Waals surface area contributed by atoms with Crippen molar-refractivity contribution in [3.63, 3.8) is 0 Å². The first-order valence-electron chi connectivity index (χ1n) is 10.1. The number of benzene rings is 3. The first-order valence-corrected chi connectivity index (χ1v) is 11.2. The highest BCUT2D eigenvalue weighted by Gasteiger charge is 2.26. The molecule has 0 aromatic heterocycles. The minimum Gasteiger partial charge on any atom is -0.367 e. The maximum Gasteiger partial charge on any atom is 0.108 e. The number of alkyl halides is 1. The molecule has 3 heteroatoms. The maximum atomic E-state index is 6.53. The van der Waals surface area contributed by atoms with Crippen LogP contribution in [0.15, 0.2) is 84.9 Å². The van der Waals surface area contributed by atoms with E-state index in [0.29, 0.717) is 6.61 Å². The van der Waals surface area contributed by atoms with Crippen LogP contribution in [0.3, 0.4) is 0 Å². The Bertz CT molecular complexity index is 823. The van der Waals surface area contributed by atoms with E-state index in [1.807, 2.05) is 12.1 Å². The lowest BCUT2D eigenvalue weighted by atomic mass is 10.00. The number of hydrogen-bond donors (Lipinski definition) is 0. The predicted octanol–water partition coefficient (Wildman–Crippen LogP) is 6.60. The van der Waals surface area contributed by atoms with E-state index in [0.717, 1.165) is 11.9 Å². The van der Waals surface area contributed by atoms with Crippen LogP contribution in [-0.2, 0) is 16.6 Å². The highest BCUT2D eigenvalue weighted by atomic mass is 79.9. The molecule has 0 aliphatic heterocycles. The zero-order valence-electron chi connectivity index (χ0n) is 17.5. The second kappa shape index (κ2) is 10.2. The third-order valence-electron chi connectivity index (χ3n) is 5.44. The molecule has 0 saturated carbocycles. The lowest BCUT2D eigenvalue weighted by Gasteiger charge is -2.37. The molecular weight excluding hydrogens is 422 g/mol. The molecule has 0 aliphatic carbocycles. The van der Waals surface area contributed by atoms with Crippen molar-refractivity contribution < 1.29 is 4.74 Å². The van der Waals surface area contributed by atoms with Crippen molar-refractivity contribution in [3.8, 4) is 0 Å². The summed E-state index contributed by atoms with van der Waals surface area (Å²) in [5, 5.41) is 0.892. The quantitative estimate of drug-likeness (QED) is 0.339. The van der Waals surface area contributed by atoms with Gasteiger partial charge in [-0.3, -0.25) is 4.90 Å². The van der Waals surface area contributed by atoms with Crippen molar-refractivity contribution >= 4 is 15.9 Å². The van der Waals surface area contributed by atoms with Crippen LogP contribution in [0.25, 0.3) is 0 Å². The van der Waals surface area contributed by atoms with Gasteiger partial charge in [-0.2, -0.15) is 0 Å². The van der Waals surface area contributed by atoms with Gasteiger partial charge < -0.3 is 4.74 Å². The number of likely N-dealkylation sites (N-methyl/N-ethyl adjacent to an activating group) is 1. The van der Waals surface area contributed by atoms with Gasteiger partial charge in [-0.25, -0.2) is 0 Å². The SMILES string of the molecule is CN(Cc1ccc(CBr)cc1)C(C)(C)COC(c1ccccc1)c1ccccc1. The Hall–Kier alpha value is -1.94. The van der Waals surface area contributed by atoms with Crippen LogP contribution in [0.1, 0.15) is 42.2 Å². The van der Waals surface area contributed by atoms with Gasteiger partial charge in [0.1, 0.15) is 6.10 Å². The summed E-state index contributed by atoms with van der Waals surface area (Å²) in [5.41, 5.74) is 4.88. The second-order valence-electron chi connectivity index (χ2n) is 8.13. The molecule has 0 heterocycles. The van der Waals surface area contributed by atoms with Crippen molar-refractivity contribution in [2.45, 2.75) is 37.4 Å². The van der Waals surface area contributed by atoms with Gasteiger partial charge in [-0.15, -0.1) is 0 Å². The summed E-state index contributed by atoms with van der Waals surface area (Å²) in [6.45, 7) is 6.01. The van der Waals surface area contributed by atoms with E-state index in [-0.39, 0.29) is 11.6 Å². The summed E-state index contributed by atoms with van der Waals surface area (Å²) in [6.07, 6.45) is -0.0664. The molecule has 0 saturated heterocycles. The fraction of sp³-hybridized carbons (Fsp3) is 0.308. The Morgan fingerprint density at radius 2 is 1.28 bits per heavy atom. The second-order valence-corrected chi connectivity index (χ2v) is 8.69. The van der Waals surface area contributed by atoms with Gasteiger partial charge in [0.2, 0.25) is 0 Å². The average Bonchev–Trinajstić information content (AvgIpc) is 2.76. The van der Waals surface area contributed by atoms with E-state index in [4.69, 9.17) is 4.74 Å². The van der Waals surface area contributed by atoms with Gasteiger partial charge in [-0.1, -0.05) is 101 Å². The topological polar surface area (TPSA) is 12.5 Å². The van der Waals surface area contributed by atoms with Crippen LogP contribution in [0, 0.1) is 0 Å². The third kappa shape index (κ3) is 6.02. The molecule has 0 fully saturated rings. The fourth-order valence-electron chi connectivity index (χ4n) is 3.26. The van der Waals surface area contributed by atoms with Crippen LogP contribution >= 0.6 is 15.9 Å². The predicted molar refractivity (Wildman–Crippen MR) is 125 cm³/mol. The standard InChI is InChI=1S/C26H30BrNO/c1-26(2,28(3)19-22-16-14-21(18-27)15-17-22)20-29-25(23-10-6-4-7-11-23)24-12-8-5-9-13-24/h4-17,25H,18-20H2,1-3H3. The molecule has 3 aromatic carbocycles. The summed E-state index contributed by atoms with van der Waals surface area (Å²) >= 11 is 3.51. The zero-order chi connectivity index (χ0) is 20.7. The molecule has 3 aromatic rings. The van der Waals surface area contributed by atoms with E-state index in [9.17, 15) is 0 Å². The van der Waals surface area contributed by atoms with E-state index >= 15 is 0 Å². The fourth-order valence-corrected chi connectivity index (χ4v) is 3.63. The van der Waals surface area contributed by atoms with Gasteiger partial charge in [0.15, 0.2) is 0 Å². The normalized spacial score (nSPS) is 11.9. The highest BCUT2D eigenvalue weighted by Crippen LogP contribution is 2.28. The third-order valence-corrected chi connectivity index (χ3v) is 6.09. The van der Waals surface area contributed by atoms with Crippen LogP contribution in [0.2, 0.25) is 0 Å². The first-order chi connectivity index (χ1) is 14.0. The number of nitrogens with zero attached hydrogens (tertiary/aromatic N) is 1. The number of halogens is 1. The maximum absolute atomic E-state index is 6.53. The molecule has 0 radical (unpaired) electrons. The molecule has 29 heavy (non-hydrogen) atoms. The smallest absolute Gasteiger partial charge is 0.108 e. The van der Waals surface area contributed by atoms with Crippen LogP contribution in [0.5, 0.6) is 0 Å². The molecule has 0 aliphatic rings. The average molecular weight is 452 g/mol. The summed E-state index contributed by atoms with van der Waals surface area (Å²) in [6, 6.07) is 29.7. The van der Waals surface area contributed by atoms with Crippen molar-refractivity contribution in [2.75, 3.05) is 13.7 Å². The Kier molecular flexibility index (Phi) is 7.65. The lowest BCUT2D eigenvalue weighted by molar-refractivity contribution is -0.00737. The first kappa shape index (κ1) is 21.8. The van der Waals surface area contributed by atoms with Gasteiger partial charge >= 0.3 is 0 Å². The summed E-state index contributed by atoms with van der Waals surface area (Å²) in [5.74, 6) is 0. The van der Waals surface area contributed by atoms with Crippen molar-refractivity contribution in [1.29, 1.82) is 0 Å². The number of rotatable bonds is 9.